The van der Waals surface area contributed by atoms with Crippen LogP contribution in [0.4, 0.5) is 0 Å². The monoisotopic (exact) mass is 479 g/mol. The Labute approximate surface area is 188 Å². The fourth-order valence-corrected chi connectivity index (χ4v) is 6.61. The van der Waals surface area contributed by atoms with Gasteiger partial charge in [0.15, 0.2) is 0 Å². The summed E-state index contributed by atoms with van der Waals surface area (Å²) in [6.45, 7) is 2.26. The Kier molecular flexibility index (Phi) is 6.63. The van der Waals surface area contributed by atoms with Crippen molar-refractivity contribution < 1.29 is 26.4 Å². The van der Waals surface area contributed by atoms with Gasteiger partial charge in [-0.3, -0.25) is 4.79 Å². The van der Waals surface area contributed by atoms with Crippen LogP contribution in [0.25, 0.3) is 0 Å². The second-order valence-corrected chi connectivity index (χ2v) is 11.4. The van der Waals surface area contributed by atoms with Crippen molar-refractivity contribution in [1.29, 1.82) is 0 Å². The Morgan fingerprint density at radius 1 is 0.656 bits per heavy atom. The summed E-state index contributed by atoms with van der Waals surface area (Å²) in [6.07, 6.45) is 0. The van der Waals surface area contributed by atoms with Crippen molar-refractivity contribution in [2.45, 2.75) is 9.79 Å². The lowest BCUT2D eigenvalue weighted by atomic mass is 10.2. The number of carbonyl (C=O) groups excluding carboxylic acids is 1. The van der Waals surface area contributed by atoms with Crippen LogP contribution in [0.5, 0.6) is 0 Å². The zero-order chi connectivity index (χ0) is 22.8. The fourth-order valence-electron chi connectivity index (χ4n) is 3.76. The van der Waals surface area contributed by atoms with Gasteiger partial charge >= 0.3 is 0 Å². The van der Waals surface area contributed by atoms with Gasteiger partial charge in [0, 0.05) is 44.8 Å². The normalized spacial score (nSPS) is 19.1. The van der Waals surface area contributed by atoms with Gasteiger partial charge in [0.25, 0.3) is 5.91 Å². The van der Waals surface area contributed by atoms with E-state index in [-0.39, 0.29) is 41.9 Å². The van der Waals surface area contributed by atoms with Gasteiger partial charge in [0.2, 0.25) is 20.0 Å². The molecule has 32 heavy (non-hydrogen) atoms. The lowest BCUT2D eigenvalue weighted by molar-refractivity contribution is 0.0697. The first-order chi connectivity index (χ1) is 15.3. The van der Waals surface area contributed by atoms with Crippen LogP contribution in [-0.4, -0.2) is 88.7 Å². The first-order valence-corrected chi connectivity index (χ1v) is 13.2. The quantitative estimate of drug-likeness (QED) is 0.630. The van der Waals surface area contributed by atoms with Gasteiger partial charge in [-0.05, 0) is 36.4 Å². The molecule has 0 radical (unpaired) electrons. The number of hydrogen-bond acceptors (Lipinski definition) is 6. The molecule has 2 aromatic rings. The van der Waals surface area contributed by atoms with E-state index in [9.17, 15) is 21.6 Å². The second kappa shape index (κ2) is 9.28. The average Bonchev–Trinajstić information content (AvgIpc) is 2.85. The van der Waals surface area contributed by atoms with Crippen LogP contribution < -0.4 is 0 Å². The molecule has 2 aliphatic heterocycles. The van der Waals surface area contributed by atoms with Crippen molar-refractivity contribution in [2.75, 3.05) is 52.5 Å². The number of ether oxygens (including phenoxy) is 1. The summed E-state index contributed by atoms with van der Waals surface area (Å²) in [7, 11) is -7.22. The molecule has 0 bridgehead atoms. The molecule has 2 aromatic carbocycles. The fraction of sp³-hybridized carbons (Fsp3) is 0.381. The van der Waals surface area contributed by atoms with Crippen LogP contribution in [0.15, 0.2) is 64.4 Å². The van der Waals surface area contributed by atoms with Crippen molar-refractivity contribution >= 4 is 26.0 Å². The minimum atomic E-state index is -3.62. The number of nitrogens with zero attached hydrogens (tertiary/aromatic N) is 3. The standard InChI is InChI=1S/C21H25N3O6S2/c25-21(18-6-8-20(9-7-18)32(28,29)24-14-16-30-17-15-24)22-10-12-23(13-11-22)31(26,27)19-4-2-1-3-5-19/h1-9H,10-17H2. The Balaban J connectivity index is 1.40. The molecule has 172 valence electrons. The molecular weight excluding hydrogens is 454 g/mol. The molecule has 2 saturated heterocycles. The number of carbonyl (C=O) groups is 1. The number of amides is 1. The number of rotatable bonds is 5. The zero-order valence-corrected chi connectivity index (χ0v) is 19.1. The number of morpholine rings is 1. The highest BCUT2D eigenvalue weighted by Crippen LogP contribution is 2.20. The average molecular weight is 480 g/mol. The van der Waals surface area contributed by atoms with Crippen molar-refractivity contribution in [3.05, 3.63) is 60.2 Å². The van der Waals surface area contributed by atoms with E-state index in [1.807, 2.05) is 0 Å². The van der Waals surface area contributed by atoms with Crippen LogP contribution in [-0.2, 0) is 24.8 Å². The van der Waals surface area contributed by atoms with E-state index in [0.717, 1.165) is 0 Å². The molecule has 0 atom stereocenters. The first kappa shape index (κ1) is 22.9. The Morgan fingerprint density at radius 2 is 1.16 bits per heavy atom. The first-order valence-electron chi connectivity index (χ1n) is 10.3. The van der Waals surface area contributed by atoms with Crippen LogP contribution in [0.1, 0.15) is 10.4 Å². The molecule has 2 fully saturated rings. The summed E-state index contributed by atoms with van der Waals surface area (Å²) in [5, 5.41) is 0. The predicted molar refractivity (Wildman–Crippen MR) is 117 cm³/mol. The minimum Gasteiger partial charge on any atom is -0.379 e. The van der Waals surface area contributed by atoms with Gasteiger partial charge in [0.05, 0.1) is 23.0 Å². The number of piperazine rings is 1. The molecule has 9 nitrogen and oxygen atoms in total. The molecule has 1 amide bonds. The van der Waals surface area contributed by atoms with Crippen LogP contribution in [0.2, 0.25) is 0 Å². The van der Waals surface area contributed by atoms with Crippen molar-refractivity contribution in [3.8, 4) is 0 Å². The number of hydrogen-bond donors (Lipinski definition) is 0. The molecule has 11 heteroatoms. The van der Waals surface area contributed by atoms with E-state index in [4.69, 9.17) is 4.74 Å². The molecule has 0 spiro atoms. The summed E-state index contributed by atoms with van der Waals surface area (Å²) in [6, 6.07) is 14.1. The molecule has 0 N–H and O–H groups in total. The second-order valence-electron chi connectivity index (χ2n) is 7.55. The summed E-state index contributed by atoms with van der Waals surface area (Å²) < 4.78 is 58.9. The maximum Gasteiger partial charge on any atom is 0.253 e. The van der Waals surface area contributed by atoms with Crippen molar-refractivity contribution in [1.82, 2.24) is 13.5 Å². The van der Waals surface area contributed by atoms with Gasteiger partial charge in [-0.15, -0.1) is 0 Å². The summed E-state index contributed by atoms with van der Waals surface area (Å²) in [4.78, 5) is 14.8. The van der Waals surface area contributed by atoms with Crippen LogP contribution in [0.3, 0.4) is 0 Å². The third kappa shape index (κ3) is 4.57. The van der Waals surface area contributed by atoms with Gasteiger partial charge in [-0.1, -0.05) is 18.2 Å². The van der Waals surface area contributed by atoms with Crippen molar-refractivity contribution in [2.24, 2.45) is 0 Å². The van der Waals surface area contributed by atoms with Gasteiger partial charge in [0.1, 0.15) is 0 Å². The lowest BCUT2D eigenvalue weighted by Crippen LogP contribution is -2.50. The zero-order valence-electron chi connectivity index (χ0n) is 17.5. The van der Waals surface area contributed by atoms with E-state index >= 15 is 0 Å². The highest BCUT2D eigenvalue weighted by Gasteiger charge is 2.31. The maximum atomic E-state index is 12.9. The highest BCUT2D eigenvalue weighted by molar-refractivity contribution is 7.89. The van der Waals surface area contributed by atoms with Crippen LogP contribution >= 0.6 is 0 Å². The molecule has 0 unspecified atom stereocenters. The predicted octanol–water partition coefficient (Wildman–Crippen LogP) is 0.854. The smallest absolute Gasteiger partial charge is 0.253 e. The van der Waals surface area contributed by atoms with Gasteiger partial charge in [-0.25, -0.2) is 16.8 Å². The lowest BCUT2D eigenvalue weighted by Gasteiger charge is -2.34. The molecule has 0 saturated carbocycles. The third-order valence-electron chi connectivity index (χ3n) is 5.62. The topological polar surface area (TPSA) is 104 Å². The number of benzene rings is 2. The Morgan fingerprint density at radius 3 is 1.72 bits per heavy atom. The van der Waals surface area contributed by atoms with E-state index < -0.39 is 20.0 Å². The Hall–Kier alpha value is -2.31. The molecule has 0 aliphatic carbocycles. The number of sulfonamides is 2. The molecular formula is C21H25N3O6S2. The van der Waals surface area contributed by atoms with Crippen LogP contribution in [0, 0.1) is 0 Å². The Bertz CT molecular complexity index is 1150. The van der Waals surface area contributed by atoms with E-state index in [1.54, 1.807) is 35.2 Å². The SMILES string of the molecule is O=C(c1ccc(S(=O)(=O)N2CCOCC2)cc1)N1CCN(S(=O)(=O)c2ccccc2)CC1. The van der Waals surface area contributed by atoms with Crippen molar-refractivity contribution in [3.63, 3.8) is 0 Å². The minimum absolute atomic E-state index is 0.134. The maximum absolute atomic E-state index is 12.9. The van der Waals surface area contributed by atoms with E-state index in [2.05, 4.69) is 0 Å². The largest absolute Gasteiger partial charge is 0.379 e. The highest BCUT2D eigenvalue weighted by atomic mass is 32.2. The molecule has 2 heterocycles. The molecule has 4 rings (SSSR count). The molecule has 0 aromatic heterocycles. The summed E-state index contributed by atoms with van der Waals surface area (Å²) >= 11 is 0. The van der Waals surface area contributed by atoms with Gasteiger partial charge < -0.3 is 9.64 Å². The summed E-state index contributed by atoms with van der Waals surface area (Å²) in [5.74, 6) is -0.253. The van der Waals surface area contributed by atoms with Gasteiger partial charge in [-0.2, -0.15) is 8.61 Å². The van der Waals surface area contributed by atoms with E-state index in [1.165, 1.54) is 32.9 Å². The van der Waals surface area contributed by atoms with E-state index in [0.29, 0.717) is 31.9 Å². The molecule has 2 aliphatic rings. The summed E-state index contributed by atoms with van der Waals surface area (Å²) in [5.41, 5.74) is 0.366. The third-order valence-corrected chi connectivity index (χ3v) is 9.44.